The number of carbonyl (C=O) groups is 3. The maximum Gasteiger partial charge on any atom is 0.408 e. The zero-order chi connectivity index (χ0) is 35.1. The second kappa shape index (κ2) is 18.1. The fourth-order valence-electron chi connectivity index (χ4n) is 5.08. The van der Waals surface area contributed by atoms with Gasteiger partial charge in [-0.25, -0.2) is 14.8 Å². The number of benzene rings is 4. The van der Waals surface area contributed by atoms with Gasteiger partial charge in [-0.1, -0.05) is 110 Å². The Morgan fingerprint density at radius 1 is 0.840 bits per heavy atom. The number of imidazole rings is 1. The van der Waals surface area contributed by atoms with Crippen molar-refractivity contribution >= 4 is 35.2 Å². The normalized spacial score (nSPS) is 12.4. The third-order valence-electron chi connectivity index (χ3n) is 7.84. The average Bonchev–Trinajstić information content (AvgIpc) is 3.66. The molecular formula is C39H38ClN5O5. The van der Waals surface area contributed by atoms with Gasteiger partial charge in [0.2, 0.25) is 0 Å². The Kier molecular flexibility index (Phi) is 12.9. The van der Waals surface area contributed by atoms with Gasteiger partial charge in [0, 0.05) is 36.3 Å². The Hall–Kier alpha value is -5.74. The Bertz CT molecular complexity index is 1870. The first kappa shape index (κ1) is 35.6. The fraction of sp³-hybridized carbons (Fsp3) is 0.205. The van der Waals surface area contributed by atoms with Gasteiger partial charge in [0.05, 0.1) is 6.33 Å². The highest BCUT2D eigenvalue weighted by Crippen LogP contribution is 2.23. The van der Waals surface area contributed by atoms with Crippen molar-refractivity contribution in [1.82, 2.24) is 20.6 Å². The molecule has 0 aliphatic heterocycles. The summed E-state index contributed by atoms with van der Waals surface area (Å²) >= 11 is 6.39. The molecule has 0 aliphatic carbocycles. The second-order valence-electron chi connectivity index (χ2n) is 11.7. The van der Waals surface area contributed by atoms with E-state index < -0.39 is 23.9 Å². The molecule has 50 heavy (non-hydrogen) atoms. The van der Waals surface area contributed by atoms with Gasteiger partial charge in [-0.05, 0) is 46.4 Å². The number of hydrogen-bond donors (Lipinski definition) is 3. The fourth-order valence-corrected chi connectivity index (χ4v) is 5.40. The number of H-pyrrole nitrogens is 1. The predicted molar refractivity (Wildman–Crippen MR) is 192 cm³/mol. The third-order valence-corrected chi connectivity index (χ3v) is 8.18. The van der Waals surface area contributed by atoms with Crippen LogP contribution in [-0.2, 0) is 40.4 Å². The van der Waals surface area contributed by atoms with E-state index in [1.165, 1.54) is 6.33 Å². The van der Waals surface area contributed by atoms with Crippen molar-refractivity contribution in [2.45, 2.75) is 44.9 Å². The molecule has 0 bridgehead atoms. The Balaban J connectivity index is 1.33. The van der Waals surface area contributed by atoms with Crippen molar-refractivity contribution < 1.29 is 23.9 Å². The van der Waals surface area contributed by atoms with Crippen molar-refractivity contribution in [3.8, 4) is 5.75 Å². The van der Waals surface area contributed by atoms with Crippen LogP contribution in [0.4, 0.5) is 4.79 Å². The minimum Gasteiger partial charge on any atom is -0.489 e. The molecule has 11 heteroatoms. The van der Waals surface area contributed by atoms with E-state index >= 15 is 0 Å². The molecule has 4 aromatic carbocycles. The lowest BCUT2D eigenvalue weighted by atomic mass is 10.0. The first-order chi connectivity index (χ1) is 24.3. The van der Waals surface area contributed by atoms with Crippen LogP contribution >= 0.6 is 11.6 Å². The lowest BCUT2D eigenvalue weighted by molar-refractivity contribution is -0.120. The van der Waals surface area contributed by atoms with Crippen molar-refractivity contribution in [2.24, 2.45) is 4.99 Å². The first-order valence-corrected chi connectivity index (χ1v) is 16.6. The molecule has 1 heterocycles. The smallest absolute Gasteiger partial charge is 0.408 e. The molecular weight excluding hydrogens is 654 g/mol. The maximum atomic E-state index is 13.8. The number of aromatic nitrogens is 2. The minimum absolute atomic E-state index is 0.0171. The molecule has 2 atom stereocenters. The summed E-state index contributed by atoms with van der Waals surface area (Å²) in [5.74, 6) is -0.695. The molecule has 3 N–H and O–H groups in total. The molecule has 3 amide bonds. The minimum atomic E-state index is -1.14. The molecule has 0 spiro atoms. The number of hydrogen-bond acceptors (Lipinski definition) is 6. The van der Waals surface area contributed by atoms with E-state index in [1.807, 2.05) is 97.9 Å². The highest BCUT2D eigenvalue weighted by molar-refractivity contribution is 6.41. The van der Waals surface area contributed by atoms with Crippen molar-refractivity contribution in [1.29, 1.82) is 0 Å². The quantitative estimate of drug-likeness (QED) is 0.106. The Morgan fingerprint density at radius 2 is 1.50 bits per heavy atom. The number of nitrogens with one attached hydrogen (secondary N) is 3. The lowest BCUT2D eigenvalue weighted by Crippen LogP contribution is -2.43. The average molecular weight is 692 g/mol. The van der Waals surface area contributed by atoms with E-state index in [0.717, 1.165) is 22.3 Å². The number of rotatable bonds is 15. The maximum absolute atomic E-state index is 13.8. The van der Waals surface area contributed by atoms with Gasteiger partial charge in [-0.3, -0.25) is 9.59 Å². The third kappa shape index (κ3) is 10.9. The van der Waals surface area contributed by atoms with Crippen molar-refractivity contribution in [3.63, 3.8) is 0 Å². The topological polar surface area (TPSA) is 135 Å². The largest absolute Gasteiger partial charge is 0.489 e. The van der Waals surface area contributed by atoms with Crippen LogP contribution in [0, 0.1) is 0 Å². The van der Waals surface area contributed by atoms with Gasteiger partial charge in [0.15, 0.2) is 0 Å². The first-order valence-electron chi connectivity index (χ1n) is 16.2. The number of amides is 3. The molecule has 0 fully saturated rings. The summed E-state index contributed by atoms with van der Waals surface area (Å²) in [6, 6.07) is 32.5. The van der Waals surface area contributed by atoms with E-state index in [0.29, 0.717) is 23.1 Å². The molecule has 256 valence electrons. The molecule has 0 radical (unpaired) electrons. The molecule has 10 nitrogen and oxygen atoms in total. The number of nitrogens with zero attached hydrogens (tertiary/aromatic N) is 2. The van der Waals surface area contributed by atoms with Crippen LogP contribution in [0.25, 0.3) is 0 Å². The highest BCUT2D eigenvalue weighted by atomic mass is 35.5. The molecule has 5 rings (SSSR count). The number of aromatic amines is 1. The van der Waals surface area contributed by atoms with Crippen LogP contribution < -0.4 is 15.4 Å². The van der Waals surface area contributed by atoms with Crippen molar-refractivity contribution in [2.75, 3.05) is 6.54 Å². The van der Waals surface area contributed by atoms with Crippen LogP contribution in [0.5, 0.6) is 5.75 Å². The monoisotopic (exact) mass is 691 g/mol. The summed E-state index contributed by atoms with van der Waals surface area (Å²) in [5.41, 5.74) is 4.01. The molecule has 0 saturated heterocycles. The summed E-state index contributed by atoms with van der Waals surface area (Å²) in [6.45, 7) is 2.63. The van der Waals surface area contributed by atoms with Gasteiger partial charge >= 0.3 is 6.09 Å². The summed E-state index contributed by atoms with van der Waals surface area (Å²) < 4.78 is 11.3. The number of alkyl carbamates (subject to hydrolysis) is 1. The summed E-state index contributed by atoms with van der Waals surface area (Å²) in [7, 11) is 0. The second-order valence-corrected chi connectivity index (χ2v) is 12.1. The number of carbonyl (C=O) groups excluding carboxylic acids is 3. The highest BCUT2D eigenvalue weighted by Gasteiger charge is 2.25. The number of aliphatic imine (C=N–C) groups is 1. The lowest BCUT2D eigenvalue weighted by Gasteiger charge is -2.17. The van der Waals surface area contributed by atoms with E-state index in [4.69, 9.17) is 21.1 Å². The van der Waals surface area contributed by atoms with Crippen LogP contribution in [0.3, 0.4) is 0 Å². The summed E-state index contributed by atoms with van der Waals surface area (Å²) in [4.78, 5) is 51.5. The SMILES string of the molecule is CC(CNC(=O)C(Cc1ccc(OCc2ccccc2)cc1)=NC(=O)C(Cc1cnc[nH]1)NC(=O)OCc1ccccc1)c1ccccc1Cl. The zero-order valence-electron chi connectivity index (χ0n) is 27.6. The van der Waals surface area contributed by atoms with E-state index in [2.05, 4.69) is 25.6 Å². The Morgan fingerprint density at radius 3 is 2.16 bits per heavy atom. The van der Waals surface area contributed by atoms with E-state index in [9.17, 15) is 14.4 Å². The van der Waals surface area contributed by atoms with Crippen LogP contribution in [0.1, 0.15) is 40.8 Å². The summed E-state index contributed by atoms with van der Waals surface area (Å²) in [6.07, 6.45) is 2.32. The van der Waals surface area contributed by atoms with Gasteiger partial charge in [0.1, 0.15) is 30.7 Å². The van der Waals surface area contributed by atoms with Gasteiger partial charge in [0.25, 0.3) is 11.8 Å². The van der Waals surface area contributed by atoms with E-state index in [-0.39, 0.29) is 37.6 Å². The molecule has 0 aliphatic rings. The van der Waals surface area contributed by atoms with E-state index in [1.54, 1.807) is 24.4 Å². The molecule has 2 unspecified atom stereocenters. The van der Waals surface area contributed by atoms with Gasteiger partial charge in [-0.2, -0.15) is 0 Å². The number of ether oxygens (including phenoxy) is 2. The molecule has 1 aromatic heterocycles. The standard InChI is InChI=1S/C39H38ClN5O5/c1-27(33-14-8-9-15-34(33)40)22-42-37(46)35(20-28-16-18-32(19-17-28)49-24-29-10-4-2-5-11-29)44-38(47)36(21-31-23-41-26-43-31)45-39(48)50-25-30-12-6-3-7-13-30/h2-19,23,26-27,36H,20-22,24-25H2,1H3,(H,41,43)(H,42,46)(H,45,48). The van der Waals surface area contributed by atoms with Crippen LogP contribution in [-0.4, -0.2) is 46.2 Å². The number of halogens is 1. The van der Waals surface area contributed by atoms with Gasteiger partial charge in [-0.15, -0.1) is 0 Å². The van der Waals surface area contributed by atoms with Crippen molar-refractivity contribution in [3.05, 3.63) is 155 Å². The zero-order valence-corrected chi connectivity index (χ0v) is 28.3. The van der Waals surface area contributed by atoms with Crippen LogP contribution in [0.15, 0.2) is 127 Å². The molecule has 0 saturated carbocycles. The van der Waals surface area contributed by atoms with Gasteiger partial charge < -0.3 is 25.1 Å². The summed E-state index contributed by atoms with van der Waals surface area (Å²) in [5, 5.41) is 6.13. The predicted octanol–water partition coefficient (Wildman–Crippen LogP) is 6.61. The molecule has 5 aromatic rings. The Labute approximate surface area is 295 Å². The van der Waals surface area contributed by atoms with Crippen LogP contribution in [0.2, 0.25) is 5.02 Å².